The molecule has 0 bridgehead atoms. The molecule has 2 nitrogen and oxygen atoms in total. The maximum Gasteiger partial charge on any atom is 0.165 e. The second kappa shape index (κ2) is 5.99. The van der Waals surface area contributed by atoms with Gasteiger partial charge < -0.3 is 4.74 Å². The molecule has 1 aromatic rings. The minimum absolute atomic E-state index is 0.240. The standard InChI is InChI=1S/C18H24O2/c1-2-13-4-3-5-15(12-13)18(19)14-6-8-16(9-7-14)20-17-10-11-17/h6-9,13,15,17H,2-5,10-12H2,1H3. The van der Waals surface area contributed by atoms with Gasteiger partial charge in [0.1, 0.15) is 5.75 Å². The van der Waals surface area contributed by atoms with Crippen molar-refractivity contribution in [1.29, 1.82) is 0 Å². The van der Waals surface area contributed by atoms with E-state index in [2.05, 4.69) is 6.92 Å². The normalized spacial score (nSPS) is 26.2. The van der Waals surface area contributed by atoms with E-state index in [0.717, 1.165) is 30.1 Å². The molecule has 0 saturated heterocycles. The van der Waals surface area contributed by atoms with E-state index < -0.39 is 0 Å². The monoisotopic (exact) mass is 272 g/mol. The lowest BCUT2D eigenvalue weighted by Gasteiger charge is -2.27. The van der Waals surface area contributed by atoms with Crippen molar-refractivity contribution in [2.45, 2.75) is 58.0 Å². The van der Waals surface area contributed by atoms with Crippen LogP contribution < -0.4 is 4.74 Å². The summed E-state index contributed by atoms with van der Waals surface area (Å²) < 4.78 is 5.73. The molecule has 0 aromatic heterocycles. The van der Waals surface area contributed by atoms with Gasteiger partial charge in [0.2, 0.25) is 0 Å². The lowest BCUT2D eigenvalue weighted by molar-refractivity contribution is 0.0862. The van der Waals surface area contributed by atoms with Gasteiger partial charge in [-0.1, -0.05) is 26.2 Å². The van der Waals surface area contributed by atoms with E-state index in [-0.39, 0.29) is 5.92 Å². The molecule has 0 spiro atoms. The second-order valence-corrected chi connectivity index (χ2v) is 6.34. The number of Topliss-reactive ketones (excluding diaryl/α,β-unsaturated/α-hetero) is 1. The molecule has 3 rings (SSSR count). The number of hydrogen-bond acceptors (Lipinski definition) is 2. The summed E-state index contributed by atoms with van der Waals surface area (Å²) in [5.41, 5.74) is 0.856. The fraction of sp³-hybridized carbons (Fsp3) is 0.611. The van der Waals surface area contributed by atoms with E-state index in [0.29, 0.717) is 11.9 Å². The van der Waals surface area contributed by atoms with Gasteiger partial charge >= 0.3 is 0 Å². The Bertz CT molecular complexity index is 459. The van der Waals surface area contributed by atoms with Crippen LogP contribution in [0.5, 0.6) is 5.75 Å². The van der Waals surface area contributed by atoms with Crippen LogP contribution in [0.4, 0.5) is 0 Å². The van der Waals surface area contributed by atoms with Gasteiger partial charge in [0, 0.05) is 11.5 Å². The lowest BCUT2D eigenvalue weighted by Crippen LogP contribution is -2.22. The smallest absolute Gasteiger partial charge is 0.165 e. The summed E-state index contributed by atoms with van der Waals surface area (Å²) in [4.78, 5) is 12.6. The molecule has 108 valence electrons. The molecule has 2 fully saturated rings. The topological polar surface area (TPSA) is 26.3 Å². The predicted molar refractivity (Wildman–Crippen MR) is 80.2 cm³/mol. The molecule has 2 aliphatic carbocycles. The summed E-state index contributed by atoms with van der Waals surface area (Å²) >= 11 is 0. The maximum absolute atomic E-state index is 12.6. The summed E-state index contributed by atoms with van der Waals surface area (Å²) in [6.07, 6.45) is 8.61. The summed E-state index contributed by atoms with van der Waals surface area (Å²) in [5, 5.41) is 0. The average Bonchev–Trinajstić information content (AvgIpc) is 3.31. The Balaban J connectivity index is 1.63. The number of carbonyl (C=O) groups is 1. The average molecular weight is 272 g/mol. The molecule has 20 heavy (non-hydrogen) atoms. The van der Waals surface area contributed by atoms with E-state index in [9.17, 15) is 4.79 Å². The molecule has 0 aliphatic heterocycles. The molecule has 2 atom stereocenters. The van der Waals surface area contributed by atoms with Crippen LogP contribution in [0.3, 0.4) is 0 Å². The van der Waals surface area contributed by atoms with E-state index >= 15 is 0 Å². The van der Waals surface area contributed by atoms with Crippen LogP contribution in [0.15, 0.2) is 24.3 Å². The first-order valence-electron chi connectivity index (χ1n) is 8.07. The first kappa shape index (κ1) is 13.7. The number of ether oxygens (including phenoxy) is 1. The van der Waals surface area contributed by atoms with Gasteiger partial charge in [-0.05, 0) is 55.9 Å². The Kier molecular flexibility index (Phi) is 4.09. The minimum atomic E-state index is 0.240. The number of rotatable bonds is 5. The molecule has 0 heterocycles. The second-order valence-electron chi connectivity index (χ2n) is 6.34. The van der Waals surface area contributed by atoms with Gasteiger partial charge in [0.25, 0.3) is 0 Å². The quantitative estimate of drug-likeness (QED) is 0.731. The molecular formula is C18H24O2. The molecule has 1 aromatic carbocycles. The molecule has 2 heteroatoms. The zero-order valence-corrected chi connectivity index (χ0v) is 12.3. The molecule has 0 N–H and O–H groups in total. The van der Waals surface area contributed by atoms with Crippen LogP contribution >= 0.6 is 0 Å². The van der Waals surface area contributed by atoms with E-state index in [1.54, 1.807) is 0 Å². The van der Waals surface area contributed by atoms with Crippen molar-refractivity contribution in [3.63, 3.8) is 0 Å². The summed E-state index contributed by atoms with van der Waals surface area (Å²) in [7, 11) is 0. The predicted octanol–water partition coefficient (Wildman–Crippen LogP) is 4.63. The Morgan fingerprint density at radius 1 is 1.15 bits per heavy atom. The maximum atomic E-state index is 12.6. The minimum Gasteiger partial charge on any atom is -0.490 e. The third-order valence-electron chi connectivity index (χ3n) is 4.70. The lowest BCUT2D eigenvalue weighted by atomic mass is 9.77. The zero-order valence-electron chi connectivity index (χ0n) is 12.3. The number of ketones is 1. The Morgan fingerprint density at radius 2 is 1.90 bits per heavy atom. The molecular weight excluding hydrogens is 248 g/mol. The van der Waals surface area contributed by atoms with Gasteiger partial charge in [-0.2, -0.15) is 0 Å². The van der Waals surface area contributed by atoms with Crippen LogP contribution in [0.2, 0.25) is 0 Å². The zero-order chi connectivity index (χ0) is 13.9. The fourth-order valence-electron chi connectivity index (χ4n) is 3.21. The van der Waals surface area contributed by atoms with Crippen molar-refractivity contribution < 1.29 is 9.53 Å². The Morgan fingerprint density at radius 3 is 2.55 bits per heavy atom. The van der Waals surface area contributed by atoms with Crippen molar-refractivity contribution in [1.82, 2.24) is 0 Å². The first-order chi connectivity index (χ1) is 9.76. The van der Waals surface area contributed by atoms with Crippen molar-refractivity contribution in [3.8, 4) is 5.75 Å². The molecule has 2 aliphatic rings. The number of hydrogen-bond donors (Lipinski definition) is 0. The third-order valence-corrected chi connectivity index (χ3v) is 4.70. The van der Waals surface area contributed by atoms with Crippen LogP contribution in [0, 0.1) is 11.8 Å². The number of benzene rings is 1. The van der Waals surface area contributed by atoms with Gasteiger partial charge in [-0.3, -0.25) is 4.79 Å². The van der Waals surface area contributed by atoms with Gasteiger partial charge in [0.05, 0.1) is 6.10 Å². The molecule has 0 radical (unpaired) electrons. The highest BCUT2D eigenvalue weighted by Gasteiger charge is 2.27. The van der Waals surface area contributed by atoms with Crippen molar-refractivity contribution in [2.75, 3.05) is 0 Å². The summed E-state index contributed by atoms with van der Waals surface area (Å²) in [5.74, 6) is 2.22. The highest BCUT2D eigenvalue weighted by atomic mass is 16.5. The summed E-state index contributed by atoms with van der Waals surface area (Å²) in [6.45, 7) is 2.24. The SMILES string of the molecule is CCC1CCCC(C(=O)c2ccc(OC3CC3)cc2)C1. The largest absolute Gasteiger partial charge is 0.490 e. The van der Waals surface area contributed by atoms with E-state index in [4.69, 9.17) is 4.74 Å². The van der Waals surface area contributed by atoms with E-state index in [1.807, 2.05) is 24.3 Å². The molecule has 2 saturated carbocycles. The Labute approximate surface area is 121 Å². The molecule has 2 unspecified atom stereocenters. The first-order valence-corrected chi connectivity index (χ1v) is 8.07. The van der Waals surface area contributed by atoms with Gasteiger partial charge in [-0.25, -0.2) is 0 Å². The number of carbonyl (C=O) groups excluding carboxylic acids is 1. The van der Waals surface area contributed by atoms with E-state index in [1.165, 1.54) is 32.1 Å². The van der Waals surface area contributed by atoms with Crippen LogP contribution in [-0.2, 0) is 0 Å². The van der Waals surface area contributed by atoms with Crippen molar-refractivity contribution in [3.05, 3.63) is 29.8 Å². The molecule has 0 amide bonds. The Hall–Kier alpha value is -1.31. The van der Waals surface area contributed by atoms with Crippen molar-refractivity contribution >= 4 is 5.78 Å². The highest BCUT2D eigenvalue weighted by molar-refractivity contribution is 5.98. The van der Waals surface area contributed by atoms with Crippen LogP contribution in [0.25, 0.3) is 0 Å². The van der Waals surface area contributed by atoms with Gasteiger partial charge in [-0.15, -0.1) is 0 Å². The van der Waals surface area contributed by atoms with Crippen LogP contribution in [-0.4, -0.2) is 11.9 Å². The summed E-state index contributed by atoms with van der Waals surface area (Å²) in [6, 6.07) is 7.78. The van der Waals surface area contributed by atoms with Gasteiger partial charge in [0.15, 0.2) is 5.78 Å². The third kappa shape index (κ3) is 3.23. The fourth-order valence-corrected chi connectivity index (χ4v) is 3.21. The van der Waals surface area contributed by atoms with Crippen molar-refractivity contribution in [2.24, 2.45) is 11.8 Å². The van der Waals surface area contributed by atoms with Crippen LogP contribution in [0.1, 0.15) is 62.2 Å². The highest BCUT2D eigenvalue weighted by Crippen LogP contribution is 2.33.